The lowest BCUT2D eigenvalue weighted by atomic mass is 9.97. The van der Waals surface area contributed by atoms with E-state index in [1.165, 1.54) is 19.4 Å². The standard InChI is InChI=1S/C24H18ClN5O4/c1-32-13-33-22-10-15(25)5-6-17(22)20-11-18(14-3-2-4-16(27)9-14)19(12-26)23(29-20)30-24(31)21-7-8-28-34-21/h2-11H,13,27H2,1H3,(H,29,30,31). The van der Waals surface area contributed by atoms with Crippen molar-refractivity contribution < 1.29 is 18.8 Å². The second-order valence-corrected chi connectivity index (χ2v) is 7.47. The zero-order valence-electron chi connectivity index (χ0n) is 17.9. The van der Waals surface area contributed by atoms with E-state index in [2.05, 4.69) is 21.5 Å². The summed E-state index contributed by atoms with van der Waals surface area (Å²) in [4.78, 5) is 17.2. The number of ether oxygens (including phenoxy) is 2. The summed E-state index contributed by atoms with van der Waals surface area (Å²) in [6.07, 6.45) is 1.34. The van der Waals surface area contributed by atoms with Crippen molar-refractivity contribution in [1.82, 2.24) is 10.1 Å². The van der Waals surface area contributed by atoms with Crippen LogP contribution in [0.3, 0.4) is 0 Å². The van der Waals surface area contributed by atoms with Gasteiger partial charge in [-0.25, -0.2) is 4.98 Å². The minimum Gasteiger partial charge on any atom is -0.467 e. The van der Waals surface area contributed by atoms with Crippen LogP contribution in [0.25, 0.3) is 22.4 Å². The molecule has 2 aromatic carbocycles. The van der Waals surface area contributed by atoms with Crippen molar-refractivity contribution in [1.29, 1.82) is 5.26 Å². The molecule has 2 heterocycles. The number of nitrogens with zero attached hydrogens (tertiary/aromatic N) is 3. The Kier molecular flexibility index (Phi) is 6.73. The molecule has 4 aromatic rings. The van der Waals surface area contributed by atoms with E-state index in [9.17, 15) is 10.1 Å². The summed E-state index contributed by atoms with van der Waals surface area (Å²) >= 11 is 6.16. The zero-order valence-corrected chi connectivity index (χ0v) is 18.7. The highest BCUT2D eigenvalue weighted by molar-refractivity contribution is 6.30. The smallest absolute Gasteiger partial charge is 0.295 e. The molecule has 0 fully saturated rings. The molecule has 0 aliphatic carbocycles. The van der Waals surface area contributed by atoms with Gasteiger partial charge < -0.3 is 25.0 Å². The van der Waals surface area contributed by atoms with Crippen LogP contribution in [0.5, 0.6) is 5.75 Å². The number of pyridine rings is 1. The monoisotopic (exact) mass is 475 g/mol. The van der Waals surface area contributed by atoms with E-state index in [0.717, 1.165) is 0 Å². The third-order valence-corrected chi connectivity index (χ3v) is 5.01. The largest absolute Gasteiger partial charge is 0.467 e. The van der Waals surface area contributed by atoms with E-state index in [4.69, 9.17) is 31.3 Å². The number of halogens is 1. The van der Waals surface area contributed by atoms with Gasteiger partial charge in [0.05, 0.1) is 11.9 Å². The average molecular weight is 476 g/mol. The highest BCUT2D eigenvalue weighted by atomic mass is 35.5. The first-order valence-corrected chi connectivity index (χ1v) is 10.3. The molecule has 0 spiro atoms. The molecule has 0 saturated carbocycles. The maximum absolute atomic E-state index is 12.7. The van der Waals surface area contributed by atoms with Crippen molar-refractivity contribution in [2.45, 2.75) is 0 Å². The predicted molar refractivity (Wildman–Crippen MR) is 126 cm³/mol. The lowest BCUT2D eigenvalue weighted by Crippen LogP contribution is -2.14. The molecule has 3 N–H and O–H groups in total. The van der Waals surface area contributed by atoms with Crippen molar-refractivity contribution in [2.75, 3.05) is 25.0 Å². The van der Waals surface area contributed by atoms with Crippen LogP contribution in [0.15, 0.2) is 65.3 Å². The second-order valence-electron chi connectivity index (χ2n) is 7.04. The van der Waals surface area contributed by atoms with Crippen molar-refractivity contribution in [2.24, 2.45) is 0 Å². The van der Waals surface area contributed by atoms with Gasteiger partial charge in [-0.3, -0.25) is 4.79 Å². The molecule has 0 atom stereocenters. The van der Waals surface area contributed by atoms with Gasteiger partial charge in [-0.05, 0) is 42.0 Å². The number of hydrogen-bond acceptors (Lipinski definition) is 8. The van der Waals surface area contributed by atoms with Gasteiger partial charge in [-0.1, -0.05) is 28.9 Å². The Balaban J connectivity index is 1.92. The molecule has 34 heavy (non-hydrogen) atoms. The van der Waals surface area contributed by atoms with E-state index in [0.29, 0.717) is 38.8 Å². The first-order chi connectivity index (χ1) is 16.5. The maximum Gasteiger partial charge on any atom is 0.295 e. The second kappa shape index (κ2) is 10.0. The fraction of sp³-hybridized carbons (Fsp3) is 0.0833. The minimum atomic E-state index is -0.607. The summed E-state index contributed by atoms with van der Waals surface area (Å²) < 4.78 is 15.6. The molecular formula is C24H18ClN5O4. The molecule has 0 saturated heterocycles. The Labute approximate surface area is 199 Å². The molecule has 0 unspecified atom stereocenters. The summed E-state index contributed by atoms with van der Waals surface area (Å²) in [5, 5.41) is 16.6. The Morgan fingerprint density at radius 3 is 2.76 bits per heavy atom. The summed E-state index contributed by atoms with van der Waals surface area (Å²) in [5.41, 5.74) is 8.83. The third-order valence-electron chi connectivity index (χ3n) is 4.77. The van der Waals surface area contributed by atoms with Gasteiger partial charge in [0.25, 0.3) is 5.91 Å². The van der Waals surface area contributed by atoms with Crippen LogP contribution >= 0.6 is 11.6 Å². The Morgan fingerprint density at radius 2 is 2.06 bits per heavy atom. The molecule has 0 aliphatic rings. The zero-order chi connectivity index (χ0) is 24.1. The summed E-state index contributed by atoms with van der Waals surface area (Å²) in [6.45, 7) is -0.0131. The van der Waals surface area contributed by atoms with Crippen molar-refractivity contribution in [3.8, 4) is 34.2 Å². The lowest BCUT2D eigenvalue weighted by molar-refractivity contribution is 0.0515. The van der Waals surface area contributed by atoms with Crippen LogP contribution in [0.1, 0.15) is 16.1 Å². The summed E-state index contributed by atoms with van der Waals surface area (Å²) in [7, 11) is 1.50. The number of nitrogens with one attached hydrogen (secondary N) is 1. The number of benzene rings is 2. The SMILES string of the molecule is COCOc1cc(Cl)ccc1-c1cc(-c2cccc(N)c2)c(C#N)c(NC(=O)c2ccno2)n1. The van der Waals surface area contributed by atoms with E-state index < -0.39 is 5.91 Å². The van der Waals surface area contributed by atoms with Gasteiger partial charge in [0.2, 0.25) is 5.76 Å². The molecule has 170 valence electrons. The van der Waals surface area contributed by atoms with Gasteiger partial charge in [0, 0.05) is 35.0 Å². The first kappa shape index (κ1) is 22.8. The number of methoxy groups -OCH3 is 1. The molecule has 10 heteroatoms. The van der Waals surface area contributed by atoms with E-state index in [1.807, 2.05) is 6.07 Å². The number of amides is 1. The van der Waals surface area contributed by atoms with E-state index in [-0.39, 0.29) is 23.9 Å². The predicted octanol–water partition coefficient (Wildman–Crippen LogP) is 4.75. The van der Waals surface area contributed by atoms with Gasteiger partial charge in [-0.2, -0.15) is 5.26 Å². The van der Waals surface area contributed by atoms with Crippen LogP contribution in [-0.4, -0.2) is 30.0 Å². The van der Waals surface area contributed by atoms with Gasteiger partial charge >= 0.3 is 0 Å². The maximum atomic E-state index is 12.7. The average Bonchev–Trinajstić information content (AvgIpc) is 3.37. The molecule has 0 aliphatic heterocycles. The van der Waals surface area contributed by atoms with Gasteiger partial charge in [0.15, 0.2) is 12.6 Å². The Bertz CT molecular complexity index is 1380. The minimum absolute atomic E-state index is 0.0131. The van der Waals surface area contributed by atoms with E-state index in [1.54, 1.807) is 42.5 Å². The van der Waals surface area contributed by atoms with Crippen molar-refractivity contribution >= 4 is 29.0 Å². The number of nitrogen functional groups attached to an aromatic ring is 1. The normalized spacial score (nSPS) is 10.5. The van der Waals surface area contributed by atoms with Crippen molar-refractivity contribution in [3.05, 3.63) is 77.1 Å². The molecule has 0 bridgehead atoms. The molecule has 2 aromatic heterocycles. The van der Waals surface area contributed by atoms with Crippen LogP contribution in [0, 0.1) is 11.3 Å². The number of nitriles is 1. The Hall–Kier alpha value is -4.39. The quantitative estimate of drug-likeness (QED) is 0.288. The van der Waals surface area contributed by atoms with Crippen LogP contribution in [0.2, 0.25) is 5.02 Å². The number of carbonyl (C=O) groups excluding carboxylic acids is 1. The van der Waals surface area contributed by atoms with E-state index >= 15 is 0 Å². The van der Waals surface area contributed by atoms with Crippen molar-refractivity contribution in [3.63, 3.8) is 0 Å². The molecule has 0 radical (unpaired) electrons. The fourth-order valence-electron chi connectivity index (χ4n) is 3.27. The first-order valence-electron chi connectivity index (χ1n) is 9.95. The van der Waals surface area contributed by atoms with Gasteiger partial charge in [-0.15, -0.1) is 0 Å². The summed E-state index contributed by atoms with van der Waals surface area (Å²) in [5.74, 6) is -0.189. The number of carbonyl (C=O) groups is 1. The number of hydrogen-bond donors (Lipinski definition) is 2. The van der Waals surface area contributed by atoms with Crippen LogP contribution in [0.4, 0.5) is 11.5 Å². The number of anilines is 2. The number of rotatable bonds is 7. The Morgan fingerprint density at radius 1 is 1.21 bits per heavy atom. The van der Waals surface area contributed by atoms with Crippen LogP contribution in [-0.2, 0) is 4.74 Å². The lowest BCUT2D eigenvalue weighted by Gasteiger charge is -2.16. The summed E-state index contributed by atoms with van der Waals surface area (Å²) in [6, 6.07) is 17.3. The highest BCUT2D eigenvalue weighted by Crippen LogP contribution is 2.37. The van der Waals surface area contributed by atoms with Gasteiger partial charge in [0.1, 0.15) is 17.4 Å². The topological polar surface area (TPSA) is 136 Å². The molecule has 1 amide bonds. The molecule has 4 rings (SSSR count). The highest BCUT2D eigenvalue weighted by Gasteiger charge is 2.21. The third kappa shape index (κ3) is 4.83. The van der Waals surface area contributed by atoms with Crippen LogP contribution < -0.4 is 15.8 Å². The fourth-order valence-corrected chi connectivity index (χ4v) is 3.43. The number of nitrogens with two attached hydrogens (primary N) is 1. The number of aromatic nitrogens is 2. The molecular weight excluding hydrogens is 458 g/mol. The molecule has 9 nitrogen and oxygen atoms in total.